The average Bonchev–Trinajstić information content (AvgIpc) is 2.88. The fraction of sp³-hybridized carbons (Fsp3) is 0.138. The number of nitrogens with zero attached hydrogens (tertiary/aromatic N) is 1. The largest absolute Gasteiger partial charge is 0.490 e. The van der Waals surface area contributed by atoms with Gasteiger partial charge in [-0.1, -0.05) is 29.8 Å². The second kappa shape index (κ2) is 11.7. The van der Waals surface area contributed by atoms with Crippen molar-refractivity contribution in [3.05, 3.63) is 106 Å². The lowest BCUT2D eigenvalue weighted by atomic mass is 10.0. The molecule has 7 nitrogen and oxygen atoms in total. The highest BCUT2D eigenvalue weighted by Gasteiger charge is 2.36. The van der Waals surface area contributed by atoms with E-state index in [0.717, 1.165) is 10.5 Å². The van der Waals surface area contributed by atoms with Gasteiger partial charge in [0.1, 0.15) is 18.0 Å². The molecule has 1 aliphatic rings. The Hall–Kier alpha value is -4.43. The molecule has 3 aromatic carbocycles. The maximum Gasteiger partial charge on any atom is 0.335 e. The third kappa shape index (κ3) is 5.92. The summed E-state index contributed by atoms with van der Waals surface area (Å²) in [6, 6.07) is 14.6. The second-order valence-electron chi connectivity index (χ2n) is 8.28. The number of hydrogen-bond donors (Lipinski definition) is 1. The smallest absolute Gasteiger partial charge is 0.335 e. The Morgan fingerprint density at radius 2 is 1.74 bits per heavy atom. The van der Waals surface area contributed by atoms with Gasteiger partial charge >= 0.3 is 6.03 Å². The zero-order valence-electron chi connectivity index (χ0n) is 20.5. The molecule has 0 aromatic heterocycles. The molecule has 38 heavy (non-hydrogen) atoms. The lowest BCUT2D eigenvalue weighted by molar-refractivity contribution is -0.122. The highest BCUT2D eigenvalue weighted by molar-refractivity contribution is 6.39. The molecule has 0 saturated carbocycles. The summed E-state index contributed by atoms with van der Waals surface area (Å²) in [5, 5.41) is 2.64. The first-order chi connectivity index (χ1) is 18.3. The summed E-state index contributed by atoms with van der Waals surface area (Å²) in [5.74, 6) is -1.07. The van der Waals surface area contributed by atoms with Crippen LogP contribution in [0.4, 0.5) is 14.9 Å². The number of hydrogen-bond acceptors (Lipinski definition) is 5. The van der Waals surface area contributed by atoms with Crippen LogP contribution in [0.25, 0.3) is 6.08 Å². The van der Waals surface area contributed by atoms with E-state index in [4.69, 9.17) is 21.1 Å². The first-order valence-electron chi connectivity index (χ1n) is 11.8. The van der Waals surface area contributed by atoms with Crippen LogP contribution in [0.2, 0.25) is 5.02 Å². The van der Waals surface area contributed by atoms with Gasteiger partial charge in [0.15, 0.2) is 11.5 Å². The molecule has 0 aliphatic carbocycles. The number of carbonyl (C=O) groups excluding carboxylic acids is 3. The van der Waals surface area contributed by atoms with E-state index >= 15 is 0 Å². The first-order valence-corrected chi connectivity index (χ1v) is 12.1. The SMILES string of the molecule is C=CCc1cc(/C=C2\C(=O)NC(=O)N(c3ccc(Cl)cc3)C2=O)cc(OCC)c1OCc1ccc(F)cc1. The van der Waals surface area contributed by atoms with Crippen molar-refractivity contribution in [3.8, 4) is 11.5 Å². The van der Waals surface area contributed by atoms with Gasteiger partial charge in [-0.2, -0.15) is 0 Å². The van der Waals surface area contributed by atoms with Crippen LogP contribution in [0, 0.1) is 5.82 Å². The molecule has 1 N–H and O–H groups in total. The van der Waals surface area contributed by atoms with Crippen molar-refractivity contribution in [1.29, 1.82) is 0 Å². The highest BCUT2D eigenvalue weighted by atomic mass is 35.5. The quantitative estimate of drug-likeness (QED) is 0.211. The Kier molecular flexibility index (Phi) is 8.23. The molecule has 1 fully saturated rings. The Morgan fingerprint density at radius 1 is 1.03 bits per heavy atom. The summed E-state index contributed by atoms with van der Waals surface area (Å²) in [7, 11) is 0. The van der Waals surface area contributed by atoms with E-state index in [1.54, 1.807) is 30.3 Å². The molecule has 4 rings (SSSR count). The summed E-state index contributed by atoms with van der Waals surface area (Å²) in [6.45, 7) is 6.12. The molecule has 3 aromatic rings. The first kappa shape index (κ1) is 26.6. The molecule has 0 bridgehead atoms. The fourth-order valence-electron chi connectivity index (χ4n) is 3.89. The van der Waals surface area contributed by atoms with Gasteiger partial charge in [0.2, 0.25) is 0 Å². The topological polar surface area (TPSA) is 84.9 Å². The lowest BCUT2D eigenvalue weighted by Gasteiger charge is -2.26. The monoisotopic (exact) mass is 534 g/mol. The second-order valence-corrected chi connectivity index (χ2v) is 8.72. The number of ether oxygens (including phenoxy) is 2. The Balaban J connectivity index is 1.71. The summed E-state index contributed by atoms with van der Waals surface area (Å²) in [4.78, 5) is 39.3. The van der Waals surface area contributed by atoms with Gasteiger partial charge < -0.3 is 9.47 Å². The Morgan fingerprint density at radius 3 is 2.39 bits per heavy atom. The number of rotatable bonds is 9. The van der Waals surface area contributed by atoms with Crippen LogP contribution in [-0.2, 0) is 22.6 Å². The van der Waals surface area contributed by atoms with E-state index in [9.17, 15) is 18.8 Å². The number of amides is 4. The van der Waals surface area contributed by atoms with Gasteiger partial charge in [0.05, 0.1) is 12.3 Å². The maximum absolute atomic E-state index is 13.3. The van der Waals surface area contributed by atoms with E-state index in [0.29, 0.717) is 40.7 Å². The van der Waals surface area contributed by atoms with Crippen molar-refractivity contribution in [2.75, 3.05) is 11.5 Å². The van der Waals surface area contributed by atoms with Crippen molar-refractivity contribution in [1.82, 2.24) is 5.32 Å². The summed E-state index contributed by atoms with van der Waals surface area (Å²) in [5.41, 5.74) is 1.99. The number of halogens is 2. The normalized spacial score (nSPS) is 14.4. The number of urea groups is 1. The number of anilines is 1. The van der Waals surface area contributed by atoms with E-state index in [1.807, 2.05) is 6.92 Å². The predicted octanol–water partition coefficient (Wildman–Crippen LogP) is 5.85. The maximum atomic E-state index is 13.3. The number of imide groups is 2. The molecule has 9 heteroatoms. The van der Waals surface area contributed by atoms with Gasteiger partial charge in [-0.25, -0.2) is 14.1 Å². The number of allylic oxidation sites excluding steroid dienone is 1. The lowest BCUT2D eigenvalue weighted by Crippen LogP contribution is -2.54. The van der Waals surface area contributed by atoms with Crippen molar-refractivity contribution in [2.24, 2.45) is 0 Å². The van der Waals surface area contributed by atoms with Crippen LogP contribution >= 0.6 is 11.6 Å². The summed E-state index contributed by atoms with van der Waals surface area (Å²) >= 11 is 5.93. The number of benzene rings is 3. The standard InChI is InChI=1S/C29H24ClFN2O5/c1-3-5-20-14-19(16-25(37-4-2)26(20)38-17-18-6-10-22(31)11-7-18)15-24-27(34)32-29(36)33(28(24)35)23-12-8-21(30)9-13-23/h3,6-16H,1,4-5,17H2,2H3,(H,32,34,36)/b24-15+. The molecule has 0 unspecified atom stereocenters. The van der Waals surface area contributed by atoms with Crippen molar-refractivity contribution in [3.63, 3.8) is 0 Å². The molecule has 194 valence electrons. The van der Waals surface area contributed by atoms with E-state index < -0.39 is 17.8 Å². The van der Waals surface area contributed by atoms with E-state index in [2.05, 4.69) is 11.9 Å². The van der Waals surface area contributed by atoms with Crippen molar-refractivity contribution < 1.29 is 28.2 Å². The minimum Gasteiger partial charge on any atom is -0.490 e. The number of nitrogens with one attached hydrogen (secondary N) is 1. The van der Waals surface area contributed by atoms with E-state index in [1.165, 1.54) is 42.5 Å². The van der Waals surface area contributed by atoms with Crippen LogP contribution in [0.1, 0.15) is 23.6 Å². The van der Waals surface area contributed by atoms with E-state index in [-0.39, 0.29) is 23.7 Å². The molecule has 4 amide bonds. The van der Waals surface area contributed by atoms with Crippen molar-refractivity contribution >= 4 is 41.2 Å². The molecule has 0 atom stereocenters. The third-order valence-corrected chi connectivity index (χ3v) is 5.86. The summed E-state index contributed by atoms with van der Waals surface area (Å²) in [6.07, 6.45) is 3.49. The highest BCUT2D eigenvalue weighted by Crippen LogP contribution is 2.36. The van der Waals surface area contributed by atoms with Crippen LogP contribution < -0.4 is 19.7 Å². The van der Waals surface area contributed by atoms with Crippen LogP contribution in [0.15, 0.2) is 78.9 Å². The zero-order chi connectivity index (χ0) is 27.2. The van der Waals surface area contributed by atoms with Crippen LogP contribution in [-0.4, -0.2) is 24.5 Å². The molecular formula is C29H24ClFN2O5. The Labute approximate surface area is 224 Å². The summed E-state index contributed by atoms with van der Waals surface area (Å²) < 4.78 is 25.2. The molecule has 0 spiro atoms. The average molecular weight is 535 g/mol. The fourth-order valence-corrected chi connectivity index (χ4v) is 4.01. The number of carbonyl (C=O) groups is 3. The van der Waals surface area contributed by atoms with Gasteiger partial charge in [0, 0.05) is 10.6 Å². The van der Waals surface area contributed by atoms with Gasteiger partial charge in [-0.3, -0.25) is 14.9 Å². The van der Waals surface area contributed by atoms with Crippen LogP contribution in [0.5, 0.6) is 11.5 Å². The molecule has 0 radical (unpaired) electrons. The number of barbiturate groups is 1. The predicted molar refractivity (Wildman–Crippen MR) is 143 cm³/mol. The van der Waals surface area contributed by atoms with Gasteiger partial charge in [0.25, 0.3) is 11.8 Å². The third-order valence-electron chi connectivity index (χ3n) is 5.61. The molecular weight excluding hydrogens is 511 g/mol. The van der Waals surface area contributed by atoms with Crippen LogP contribution in [0.3, 0.4) is 0 Å². The molecule has 1 aliphatic heterocycles. The minimum absolute atomic E-state index is 0.171. The zero-order valence-corrected chi connectivity index (χ0v) is 21.3. The van der Waals surface area contributed by atoms with Crippen molar-refractivity contribution in [2.45, 2.75) is 20.0 Å². The molecule has 1 saturated heterocycles. The Bertz CT molecular complexity index is 1420. The molecule has 1 heterocycles. The van der Waals surface area contributed by atoms with Gasteiger partial charge in [-0.05, 0) is 79.1 Å². The van der Waals surface area contributed by atoms with Gasteiger partial charge in [-0.15, -0.1) is 6.58 Å². The minimum atomic E-state index is -0.855.